The van der Waals surface area contributed by atoms with Crippen molar-refractivity contribution < 1.29 is 27.6 Å². The number of alkyl halides is 3. The van der Waals surface area contributed by atoms with Crippen LogP contribution in [-0.4, -0.2) is 35.3 Å². The third kappa shape index (κ3) is 6.01. The zero-order chi connectivity index (χ0) is 25.7. The van der Waals surface area contributed by atoms with E-state index in [0.29, 0.717) is 30.8 Å². The number of hydrogen-bond acceptors (Lipinski definition) is 3. The lowest BCUT2D eigenvalue weighted by molar-refractivity contribution is -0.137. The predicted molar refractivity (Wildman–Crippen MR) is 130 cm³/mol. The summed E-state index contributed by atoms with van der Waals surface area (Å²) in [4.78, 5) is 39.7. The van der Waals surface area contributed by atoms with Crippen LogP contribution in [0.4, 0.5) is 35.0 Å². The number of carbonyl (C=O) groups excluding carboxylic acids is 3. The number of carbonyl (C=O) groups is 3. The zero-order valence-electron chi connectivity index (χ0n) is 19.0. The molecule has 36 heavy (non-hydrogen) atoms. The van der Waals surface area contributed by atoms with Crippen LogP contribution in [0.3, 0.4) is 0 Å². The molecule has 0 aromatic heterocycles. The molecule has 0 bridgehead atoms. The smallest absolute Gasteiger partial charge is 0.324 e. The second kappa shape index (κ2) is 10.5. The summed E-state index contributed by atoms with van der Waals surface area (Å²) in [6, 6.07) is 18.2. The lowest BCUT2D eigenvalue weighted by Gasteiger charge is -2.24. The van der Waals surface area contributed by atoms with Gasteiger partial charge in [-0.3, -0.25) is 9.59 Å². The van der Waals surface area contributed by atoms with Gasteiger partial charge in [0.05, 0.1) is 5.56 Å². The highest BCUT2D eigenvalue weighted by atomic mass is 19.4. The summed E-state index contributed by atoms with van der Waals surface area (Å²) in [5, 5.41) is 7.95. The van der Waals surface area contributed by atoms with E-state index in [1.807, 2.05) is 6.07 Å². The Balaban J connectivity index is 1.41. The second-order valence-corrected chi connectivity index (χ2v) is 8.25. The number of nitrogens with zero attached hydrogens (tertiary/aromatic N) is 1. The largest absolute Gasteiger partial charge is 0.416 e. The summed E-state index contributed by atoms with van der Waals surface area (Å²) in [5.74, 6) is -1.03. The van der Waals surface area contributed by atoms with E-state index in [-0.39, 0.29) is 17.3 Å². The van der Waals surface area contributed by atoms with Crippen LogP contribution in [0.1, 0.15) is 28.8 Å². The molecule has 3 aromatic rings. The topological polar surface area (TPSA) is 90.5 Å². The van der Waals surface area contributed by atoms with Crippen LogP contribution in [0.5, 0.6) is 0 Å². The number of halogens is 3. The highest BCUT2D eigenvalue weighted by Gasteiger charge is 2.34. The van der Waals surface area contributed by atoms with Crippen molar-refractivity contribution >= 4 is 34.9 Å². The van der Waals surface area contributed by atoms with Gasteiger partial charge in [-0.15, -0.1) is 0 Å². The number of urea groups is 1. The number of rotatable bonds is 5. The Morgan fingerprint density at radius 1 is 0.778 bits per heavy atom. The molecular weight excluding hydrogens is 473 g/mol. The molecule has 1 saturated heterocycles. The average Bonchev–Trinajstić information content (AvgIpc) is 3.35. The molecule has 0 unspecified atom stereocenters. The third-order valence-electron chi connectivity index (χ3n) is 5.68. The van der Waals surface area contributed by atoms with Crippen LogP contribution >= 0.6 is 0 Å². The summed E-state index contributed by atoms with van der Waals surface area (Å²) in [5.41, 5.74) is 0.212. The molecule has 3 aromatic carbocycles. The standard InChI is InChI=1S/C26H23F3N4O3/c27-26(28,29)18-8-5-12-21(16-18)30-23(34)17-7-4-11-20(15-17)31-24(35)22-13-6-14-33(22)25(36)32-19-9-2-1-3-10-19/h1-5,7-12,15-16,22H,6,13-14H2,(H,30,34)(H,31,35)(H,32,36)/t22-/m1/s1. The van der Waals surface area contributed by atoms with Crippen molar-refractivity contribution in [2.75, 3.05) is 22.5 Å². The summed E-state index contributed by atoms with van der Waals surface area (Å²) in [7, 11) is 0. The highest BCUT2D eigenvalue weighted by molar-refractivity contribution is 6.06. The van der Waals surface area contributed by atoms with Gasteiger partial charge in [-0.25, -0.2) is 4.79 Å². The van der Waals surface area contributed by atoms with Gasteiger partial charge >= 0.3 is 12.2 Å². The SMILES string of the molecule is O=C(Nc1cccc(C(F)(F)F)c1)c1cccc(NC(=O)[C@H]2CCCN2C(=O)Nc2ccccc2)c1. The molecule has 1 atom stereocenters. The van der Waals surface area contributed by atoms with Gasteiger partial charge in [-0.05, 0) is 61.4 Å². The summed E-state index contributed by atoms with van der Waals surface area (Å²) >= 11 is 0. The number of likely N-dealkylation sites (tertiary alicyclic amines) is 1. The minimum atomic E-state index is -4.53. The molecule has 10 heteroatoms. The summed E-state index contributed by atoms with van der Waals surface area (Å²) in [6.45, 7) is 0.427. The number of hydrogen-bond donors (Lipinski definition) is 3. The minimum absolute atomic E-state index is 0.00436. The molecule has 1 heterocycles. The Hall–Kier alpha value is -4.34. The van der Waals surface area contributed by atoms with Crippen molar-refractivity contribution in [2.24, 2.45) is 0 Å². The van der Waals surface area contributed by atoms with Crippen LogP contribution in [0.15, 0.2) is 78.9 Å². The molecule has 0 aliphatic carbocycles. The number of para-hydroxylation sites is 1. The average molecular weight is 496 g/mol. The maximum atomic E-state index is 12.9. The van der Waals surface area contributed by atoms with E-state index in [2.05, 4.69) is 16.0 Å². The van der Waals surface area contributed by atoms with E-state index in [4.69, 9.17) is 0 Å². The Labute approximate surface area is 205 Å². The van der Waals surface area contributed by atoms with Gasteiger partial charge in [0.15, 0.2) is 0 Å². The van der Waals surface area contributed by atoms with Crippen molar-refractivity contribution in [1.29, 1.82) is 0 Å². The van der Waals surface area contributed by atoms with Crippen molar-refractivity contribution in [1.82, 2.24) is 4.90 Å². The van der Waals surface area contributed by atoms with E-state index in [9.17, 15) is 27.6 Å². The fourth-order valence-corrected chi connectivity index (χ4v) is 3.94. The molecule has 0 radical (unpaired) electrons. The number of amides is 4. The van der Waals surface area contributed by atoms with Gasteiger partial charge in [0.2, 0.25) is 5.91 Å². The van der Waals surface area contributed by atoms with Crippen LogP contribution in [0.25, 0.3) is 0 Å². The quantitative estimate of drug-likeness (QED) is 0.430. The van der Waals surface area contributed by atoms with E-state index in [1.165, 1.54) is 29.2 Å². The molecule has 7 nitrogen and oxygen atoms in total. The van der Waals surface area contributed by atoms with Crippen molar-refractivity contribution in [2.45, 2.75) is 25.1 Å². The van der Waals surface area contributed by atoms with Crippen molar-refractivity contribution in [3.05, 3.63) is 90.0 Å². The number of nitrogens with one attached hydrogen (secondary N) is 3. The normalized spacial score (nSPS) is 15.3. The first-order valence-corrected chi connectivity index (χ1v) is 11.2. The van der Waals surface area contributed by atoms with Crippen LogP contribution in [0, 0.1) is 0 Å². The first kappa shape index (κ1) is 24.8. The predicted octanol–water partition coefficient (Wildman–Crippen LogP) is 5.59. The van der Waals surface area contributed by atoms with Gasteiger partial charge in [-0.1, -0.05) is 30.3 Å². The lowest BCUT2D eigenvalue weighted by atomic mass is 10.1. The van der Waals surface area contributed by atoms with Gasteiger partial charge in [-0.2, -0.15) is 13.2 Å². The number of benzene rings is 3. The highest BCUT2D eigenvalue weighted by Crippen LogP contribution is 2.31. The number of anilines is 3. The van der Waals surface area contributed by atoms with Gasteiger partial charge in [0.1, 0.15) is 6.04 Å². The molecule has 1 aliphatic heterocycles. The summed E-state index contributed by atoms with van der Waals surface area (Å²) in [6.07, 6.45) is -3.37. The fourth-order valence-electron chi connectivity index (χ4n) is 3.94. The van der Waals surface area contributed by atoms with Crippen LogP contribution in [0.2, 0.25) is 0 Å². The molecular formula is C26H23F3N4O3. The molecule has 1 aliphatic rings. The van der Waals surface area contributed by atoms with Crippen molar-refractivity contribution in [3.63, 3.8) is 0 Å². The fraction of sp³-hybridized carbons (Fsp3) is 0.192. The first-order chi connectivity index (χ1) is 17.2. The van der Waals surface area contributed by atoms with Gasteiger partial charge in [0.25, 0.3) is 5.91 Å². The van der Waals surface area contributed by atoms with Crippen molar-refractivity contribution in [3.8, 4) is 0 Å². The molecule has 186 valence electrons. The minimum Gasteiger partial charge on any atom is -0.324 e. The Morgan fingerprint density at radius 3 is 2.17 bits per heavy atom. The summed E-state index contributed by atoms with van der Waals surface area (Å²) < 4.78 is 38.8. The second-order valence-electron chi connectivity index (χ2n) is 8.25. The zero-order valence-corrected chi connectivity index (χ0v) is 19.0. The maximum absolute atomic E-state index is 12.9. The van der Waals surface area contributed by atoms with Crippen LogP contribution < -0.4 is 16.0 Å². The Kier molecular flexibility index (Phi) is 7.23. The molecule has 0 saturated carbocycles. The van der Waals surface area contributed by atoms with Crippen LogP contribution in [-0.2, 0) is 11.0 Å². The molecule has 0 spiro atoms. The molecule has 4 amide bonds. The van der Waals surface area contributed by atoms with E-state index in [0.717, 1.165) is 12.1 Å². The lowest BCUT2D eigenvalue weighted by Crippen LogP contribution is -2.45. The van der Waals surface area contributed by atoms with Gasteiger partial charge in [0, 0.05) is 29.2 Å². The first-order valence-electron chi connectivity index (χ1n) is 11.2. The third-order valence-corrected chi connectivity index (χ3v) is 5.68. The molecule has 3 N–H and O–H groups in total. The van der Waals surface area contributed by atoms with E-state index >= 15 is 0 Å². The Bertz CT molecular complexity index is 1260. The molecule has 1 fully saturated rings. The monoisotopic (exact) mass is 496 g/mol. The van der Waals surface area contributed by atoms with E-state index < -0.39 is 29.6 Å². The Morgan fingerprint density at radius 2 is 1.44 bits per heavy atom. The van der Waals surface area contributed by atoms with E-state index in [1.54, 1.807) is 36.4 Å². The molecule has 4 rings (SSSR count). The van der Waals surface area contributed by atoms with Gasteiger partial charge < -0.3 is 20.9 Å². The maximum Gasteiger partial charge on any atom is 0.416 e.